The first-order valence-corrected chi connectivity index (χ1v) is 5.53. The number of hydrogen-bond donors (Lipinski definition) is 0. The van der Waals surface area contributed by atoms with Crippen LogP contribution in [-0.2, 0) is 0 Å². The molecule has 0 aliphatic rings. The lowest BCUT2D eigenvalue weighted by atomic mass is 10.0. The van der Waals surface area contributed by atoms with Crippen molar-refractivity contribution >= 4 is 17.4 Å². The lowest BCUT2D eigenvalue weighted by molar-refractivity contribution is -0.135. The van der Waals surface area contributed by atoms with E-state index in [9.17, 15) is 18.0 Å². The van der Waals surface area contributed by atoms with E-state index >= 15 is 0 Å². The number of aryl methyl sites for hydroxylation is 1. The number of rotatable bonds is 4. The molecule has 1 nitrogen and oxygen atoms in total. The molecule has 0 spiro atoms. The minimum Gasteiger partial charge on any atom is -0.294 e. The minimum atomic E-state index is -4.20. The minimum absolute atomic E-state index is 0.110. The van der Waals surface area contributed by atoms with Crippen LogP contribution in [0.3, 0.4) is 0 Å². The number of alkyl halides is 3. The zero-order valence-electron chi connectivity index (χ0n) is 9.27. The van der Waals surface area contributed by atoms with E-state index in [1.165, 1.54) is 6.07 Å². The molecule has 5 heteroatoms. The van der Waals surface area contributed by atoms with Crippen LogP contribution in [0.5, 0.6) is 0 Å². The van der Waals surface area contributed by atoms with Crippen LogP contribution >= 0.6 is 11.6 Å². The van der Waals surface area contributed by atoms with Gasteiger partial charge >= 0.3 is 6.18 Å². The predicted octanol–water partition coefficient (Wildman–Crippen LogP) is 4.56. The molecular weight excluding hydrogens is 253 g/mol. The number of benzene rings is 1. The van der Waals surface area contributed by atoms with Crippen molar-refractivity contribution in [3.05, 3.63) is 34.3 Å². The third-order valence-electron chi connectivity index (χ3n) is 2.36. The second kappa shape index (κ2) is 5.54. The molecular formula is C12H12ClF3O. The van der Waals surface area contributed by atoms with Crippen molar-refractivity contribution in [3.8, 4) is 0 Å². The lowest BCUT2D eigenvalue weighted by Gasteiger charge is -2.07. The van der Waals surface area contributed by atoms with Gasteiger partial charge in [-0.1, -0.05) is 17.7 Å². The second-order valence-corrected chi connectivity index (χ2v) is 4.29. The normalized spacial score (nSPS) is 11.6. The highest BCUT2D eigenvalue weighted by Crippen LogP contribution is 2.24. The highest BCUT2D eigenvalue weighted by Gasteiger charge is 2.26. The van der Waals surface area contributed by atoms with Gasteiger partial charge in [0.05, 0.1) is 0 Å². The number of carbonyl (C=O) groups is 1. The summed E-state index contributed by atoms with van der Waals surface area (Å²) in [5.74, 6) is -0.297. The Bertz CT molecular complexity index is 413. The van der Waals surface area contributed by atoms with E-state index in [0.29, 0.717) is 10.6 Å². The molecule has 0 aliphatic heterocycles. The van der Waals surface area contributed by atoms with Gasteiger partial charge in [0.1, 0.15) is 0 Å². The molecule has 0 heterocycles. The molecule has 0 aliphatic carbocycles. The van der Waals surface area contributed by atoms with E-state index in [-0.39, 0.29) is 18.6 Å². The molecule has 0 fully saturated rings. The highest BCUT2D eigenvalue weighted by molar-refractivity contribution is 6.31. The van der Waals surface area contributed by atoms with Crippen LogP contribution in [0.25, 0.3) is 0 Å². The Morgan fingerprint density at radius 1 is 1.35 bits per heavy atom. The standard InChI is InChI=1S/C12H12ClF3O/c1-8-4-5-9(13)7-10(8)11(17)3-2-6-12(14,15)16/h4-5,7H,2-3,6H2,1H3. The Hall–Kier alpha value is -1.03. The molecule has 0 N–H and O–H groups in total. The molecule has 1 rings (SSSR count). The fourth-order valence-electron chi connectivity index (χ4n) is 1.48. The number of carbonyl (C=O) groups excluding carboxylic acids is 1. The van der Waals surface area contributed by atoms with Gasteiger partial charge in [-0.25, -0.2) is 0 Å². The topological polar surface area (TPSA) is 17.1 Å². The maximum absolute atomic E-state index is 11.9. The summed E-state index contributed by atoms with van der Waals surface area (Å²) in [6, 6.07) is 4.81. The smallest absolute Gasteiger partial charge is 0.294 e. The van der Waals surface area contributed by atoms with Gasteiger partial charge in [0, 0.05) is 23.4 Å². The zero-order valence-corrected chi connectivity index (χ0v) is 10.0. The summed E-state index contributed by atoms with van der Waals surface area (Å²) in [4.78, 5) is 11.7. The molecule has 1 aromatic rings. The maximum atomic E-state index is 11.9. The average Bonchev–Trinajstić information content (AvgIpc) is 2.19. The van der Waals surface area contributed by atoms with Gasteiger partial charge < -0.3 is 0 Å². The van der Waals surface area contributed by atoms with Crippen LogP contribution in [0.15, 0.2) is 18.2 Å². The fourth-order valence-corrected chi connectivity index (χ4v) is 1.65. The van der Waals surface area contributed by atoms with Crippen LogP contribution in [-0.4, -0.2) is 12.0 Å². The van der Waals surface area contributed by atoms with Gasteiger partial charge in [0.25, 0.3) is 0 Å². The number of halogens is 4. The summed E-state index contributed by atoms with van der Waals surface area (Å²) in [5, 5.41) is 0.412. The van der Waals surface area contributed by atoms with Crippen LogP contribution in [0.2, 0.25) is 5.02 Å². The largest absolute Gasteiger partial charge is 0.389 e. The van der Waals surface area contributed by atoms with Crippen molar-refractivity contribution in [1.29, 1.82) is 0 Å². The summed E-state index contributed by atoms with van der Waals surface area (Å²) in [5.41, 5.74) is 1.13. The van der Waals surface area contributed by atoms with Gasteiger partial charge in [0.2, 0.25) is 0 Å². The van der Waals surface area contributed by atoms with Crippen LogP contribution in [0, 0.1) is 6.92 Å². The number of Topliss-reactive ketones (excluding diaryl/α,β-unsaturated/α-hetero) is 1. The number of ketones is 1. The quantitative estimate of drug-likeness (QED) is 0.729. The summed E-state index contributed by atoms with van der Waals surface area (Å²) in [6.07, 6.45) is -5.43. The molecule has 1 aromatic carbocycles. The Morgan fingerprint density at radius 2 is 2.00 bits per heavy atom. The van der Waals surface area contributed by atoms with Crippen LogP contribution in [0.4, 0.5) is 13.2 Å². The Balaban J connectivity index is 2.61. The second-order valence-electron chi connectivity index (χ2n) is 3.85. The van der Waals surface area contributed by atoms with E-state index in [2.05, 4.69) is 0 Å². The van der Waals surface area contributed by atoms with E-state index < -0.39 is 12.6 Å². The van der Waals surface area contributed by atoms with E-state index in [0.717, 1.165) is 5.56 Å². The molecule has 0 atom stereocenters. The van der Waals surface area contributed by atoms with E-state index in [1.54, 1.807) is 19.1 Å². The van der Waals surface area contributed by atoms with Crippen molar-refractivity contribution in [1.82, 2.24) is 0 Å². The Kier molecular flexibility index (Phi) is 4.57. The maximum Gasteiger partial charge on any atom is 0.389 e. The molecule has 0 radical (unpaired) electrons. The SMILES string of the molecule is Cc1ccc(Cl)cc1C(=O)CCCC(F)(F)F. The molecule has 0 amide bonds. The van der Waals surface area contributed by atoms with Gasteiger partial charge in [-0.2, -0.15) is 13.2 Å². The van der Waals surface area contributed by atoms with Gasteiger partial charge in [-0.3, -0.25) is 4.79 Å². The van der Waals surface area contributed by atoms with Gasteiger partial charge in [0.15, 0.2) is 5.78 Å². The lowest BCUT2D eigenvalue weighted by Crippen LogP contribution is -2.09. The highest BCUT2D eigenvalue weighted by atomic mass is 35.5. The molecule has 0 aromatic heterocycles. The molecule has 0 saturated heterocycles. The molecule has 94 valence electrons. The van der Waals surface area contributed by atoms with Gasteiger partial charge in [-0.05, 0) is 31.0 Å². The van der Waals surface area contributed by atoms with Crippen LogP contribution < -0.4 is 0 Å². The first kappa shape index (κ1) is 14.0. The molecule has 0 bridgehead atoms. The number of hydrogen-bond acceptors (Lipinski definition) is 1. The Labute approximate surface area is 103 Å². The van der Waals surface area contributed by atoms with Crippen LogP contribution in [0.1, 0.15) is 35.2 Å². The van der Waals surface area contributed by atoms with Gasteiger partial charge in [-0.15, -0.1) is 0 Å². The fraction of sp³-hybridized carbons (Fsp3) is 0.417. The van der Waals surface area contributed by atoms with E-state index in [4.69, 9.17) is 11.6 Å². The van der Waals surface area contributed by atoms with Crippen molar-refractivity contribution in [3.63, 3.8) is 0 Å². The van der Waals surface area contributed by atoms with Crippen molar-refractivity contribution < 1.29 is 18.0 Å². The summed E-state index contributed by atoms with van der Waals surface area (Å²) in [6.45, 7) is 1.73. The van der Waals surface area contributed by atoms with Crippen molar-refractivity contribution in [2.75, 3.05) is 0 Å². The third kappa shape index (κ3) is 4.77. The summed E-state index contributed by atoms with van der Waals surface area (Å²) >= 11 is 5.74. The Morgan fingerprint density at radius 3 is 2.59 bits per heavy atom. The summed E-state index contributed by atoms with van der Waals surface area (Å²) < 4.78 is 35.8. The first-order chi connectivity index (χ1) is 7.79. The average molecular weight is 265 g/mol. The van der Waals surface area contributed by atoms with E-state index in [1.807, 2.05) is 0 Å². The first-order valence-electron chi connectivity index (χ1n) is 5.16. The molecule has 17 heavy (non-hydrogen) atoms. The van der Waals surface area contributed by atoms with Crippen molar-refractivity contribution in [2.45, 2.75) is 32.4 Å². The molecule has 0 unspecified atom stereocenters. The predicted molar refractivity (Wildman–Crippen MR) is 60.4 cm³/mol. The summed E-state index contributed by atoms with van der Waals surface area (Å²) in [7, 11) is 0. The third-order valence-corrected chi connectivity index (χ3v) is 2.60. The van der Waals surface area contributed by atoms with Crippen molar-refractivity contribution in [2.24, 2.45) is 0 Å². The molecule has 0 saturated carbocycles. The monoisotopic (exact) mass is 264 g/mol. The zero-order chi connectivity index (χ0) is 13.1.